The van der Waals surface area contributed by atoms with Crippen molar-refractivity contribution >= 4 is 22.9 Å². The van der Waals surface area contributed by atoms with Crippen LogP contribution in [0.15, 0.2) is 34.6 Å². The molecule has 2 aromatic rings. The van der Waals surface area contributed by atoms with Crippen LogP contribution in [0, 0.1) is 0 Å². The van der Waals surface area contributed by atoms with E-state index in [1.807, 2.05) is 11.4 Å². The second-order valence-electron chi connectivity index (χ2n) is 3.03. The van der Waals surface area contributed by atoms with Crippen LogP contribution in [-0.4, -0.2) is 9.55 Å². The summed E-state index contributed by atoms with van der Waals surface area (Å²) in [5.41, 5.74) is 0.848. The van der Waals surface area contributed by atoms with Crippen molar-refractivity contribution in [3.63, 3.8) is 0 Å². The van der Waals surface area contributed by atoms with Crippen molar-refractivity contribution < 1.29 is 0 Å². The highest BCUT2D eigenvalue weighted by Crippen LogP contribution is 2.12. The van der Waals surface area contributed by atoms with Crippen LogP contribution in [0.1, 0.15) is 10.7 Å². The van der Waals surface area contributed by atoms with Gasteiger partial charge in [0.15, 0.2) is 0 Å². The van der Waals surface area contributed by atoms with E-state index in [1.54, 1.807) is 16.8 Å². The molecule has 0 aliphatic rings. The lowest BCUT2D eigenvalue weighted by molar-refractivity contribution is 0.752. The molecule has 0 radical (unpaired) electrons. The normalized spacial score (nSPS) is 10.5. The molecule has 78 valence electrons. The Hall–Kier alpha value is -1.13. The molecule has 0 fully saturated rings. The molecule has 0 aliphatic carbocycles. The molecule has 0 aromatic carbocycles. The monoisotopic (exact) mass is 240 g/mol. The molecular formula is C10H9ClN2OS. The van der Waals surface area contributed by atoms with E-state index in [9.17, 15) is 4.79 Å². The molecule has 0 unspecified atom stereocenters. The first-order valence-corrected chi connectivity index (χ1v) is 5.86. The Morgan fingerprint density at radius 2 is 2.33 bits per heavy atom. The third kappa shape index (κ3) is 2.46. The van der Waals surface area contributed by atoms with Gasteiger partial charge < -0.3 is 4.57 Å². The summed E-state index contributed by atoms with van der Waals surface area (Å²) in [6, 6.07) is 5.10. The van der Waals surface area contributed by atoms with E-state index in [0.29, 0.717) is 12.4 Å². The molecule has 0 bridgehead atoms. The largest absolute Gasteiger partial charge is 0.309 e. The van der Waals surface area contributed by atoms with Crippen molar-refractivity contribution in [3.05, 3.63) is 50.8 Å². The van der Waals surface area contributed by atoms with Gasteiger partial charge in [0.1, 0.15) is 5.01 Å². The van der Waals surface area contributed by atoms with Gasteiger partial charge in [0.05, 0.1) is 18.1 Å². The number of nitrogens with zero attached hydrogens (tertiary/aromatic N) is 2. The van der Waals surface area contributed by atoms with Gasteiger partial charge in [-0.15, -0.1) is 22.9 Å². The van der Waals surface area contributed by atoms with E-state index >= 15 is 0 Å². The van der Waals surface area contributed by atoms with Gasteiger partial charge in [-0.1, -0.05) is 6.07 Å². The second-order valence-corrected chi connectivity index (χ2v) is 4.24. The van der Waals surface area contributed by atoms with Gasteiger partial charge >= 0.3 is 0 Å². The summed E-state index contributed by atoms with van der Waals surface area (Å²) in [5.74, 6) is 0.417. The lowest BCUT2D eigenvalue weighted by Crippen LogP contribution is -2.18. The Bertz CT molecular complexity index is 506. The van der Waals surface area contributed by atoms with E-state index in [0.717, 1.165) is 10.7 Å². The van der Waals surface area contributed by atoms with E-state index in [1.165, 1.54) is 17.4 Å². The van der Waals surface area contributed by atoms with Gasteiger partial charge in [0.2, 0.25) is 0 Å². The summed E-state index contributed by atoms with van der Waals surface area (Å²) in [4.78, 5) is 15.7. The number of rotatable bonds is 3. The van der Waals surface area contributed by atoms with Gasteiger partial charge in [0, 0.05) is 17.6 Å². The topological polar surface area (TPSA) is 34.9 Å². The van der Waals surface area contributed by atoms with Crippen LogP contribution >= 0.6 is 22.9 Å². The first-order valence-electron chi connectivity index (χ1n) is 4.44. The summed E-state index contributed by atoms with van der Waals surface area (Å²) < 4.78 is 1.62. The quantitative estimate of drug-likeness (QED) is 0.770. The summed E-state index contributed by atoms with van der Waals surface area (Å²) in [7, 11) is 0. The summed E-state index contributed by atoms with van der Waals surface area (Å²) in [6.45, 7) is 0.515. The molecule has 0 saturated carbocycles. The van der Waals surface area contributed by atoms with Crippen molar-refractivity contribution in [2.75, 3.05) is 0 Å². The van der Waals surface area contributed by atoms with Crippen LogP contribution in [0.3, 0.4) is 0 Å². The van der Waals surface area contributed by atoms with E-state index in [2.05, 4.69) is 4.98 Å². The third-order valence-corrected chi connectivity index (χ3v) is 3.10. The predicted octanol–water partition coefficient (Wildman–Crippen LogP) is 2.09. The maximum absolute atomic E-state index is 11.4. The molecule has 0 aliphatic heterocycles. The molecule has 0 N–H and O–H groups in total. The van der Waals surface area contributed by atoms with Crippen molar-refractivity contribution in [2.24, 2.45) is 0 Å². The molecule has 15 heavy (non-hydrogen) atoms. The van der Waals surface area contributed by atoms with Crippen molar-refractivity contribution in [3.8, 4) is 0 Å². The standard InChI is InChI=1S/C10H9ClN2OS/c11-5-8-7-15-9(12-8)6-13-4-2-1-3-10(13)14/h1-4,7H,5-6H2. The van der Waals surface area contributed by atoms with Gasteiger partial charge in [0.25, 0.3) is 5.56 Å². The van der Waals surface area contributed by atoms with Crippen LogP contribution in [0.4, 0.5) is 0 Å². The molecule has 0 amide bonds. The fourth-order valence-corrected chi connectivity index (χ4v) is 2.24. The van der Waals surface area contributed by atoms with Crippen LogP contribution < -0.4 is 5.56 Å². The summed E-state index contributed by atoms with van der Waals surface area (Å²) in [6.07, 6.45) is 1.75. The van der Waals surface area contributed by atoms with Crippen LogP contribution in [0.25, 0.3) is 0 Å². The molecular weight excluding hydrogens is 232 g/mol. The Kier molecular flexibility index (Phi) is 3.18. The smallest absolute Gasteiger partial charge is 0.250 e. The second kappa shape index (κ2) is 4.59. The highest BCUT2D eigenvalue weighted by Gasteiger charge is 2.02. The minimum Gasteiger partial charge on any atom is -0.309 e. The number of hydrogen-bond donors (Lipinski definition) is 0. The van der Waals surface area contributed by atoms with Crippen LogP contribution in [0.5, 0.6) is 0 Å². The van der Waals surface area contributed by atoms with Crippen molar-refractivity contribution in [2.45, 2.75) is 12.4 Å². The zero-order valence-corrected chi connectivity index (χ0v) is 9.46. The molecule has 3 nitrogen and oxygen atoms in total. The SMILES string of the molecule is O=c1ccccn1Cc1nc(CCl)cs1. The Morgan fingerprint density at radius 1 is 1.47 bits per heavy atom. The number of pyridine rings is 1. The Morgan fingerprint density at radius 3 is 3.00 bits per heavy atom. The van der Waals surface area contributed by atoms with E-state index < -0.39 is 0 Å². The molecule has 0 spiro atoms. The lowest BCUT2D eigenvalue weighted by Gasteiger charge is -2.00. The van der Waals surface area contributed by atoms with Gasteiger partial charge in [-0.05, 0) is 6.07 Å². The summed E-state index contributed by atoms with van der Waals surface area (Å²) >= 11 is 7.17. The van der Waals surface area contributed by atoms with Crippen molar-refractivity contribution in [1.29, 1.82) is 0 Å². The Balaban J connectivity index is 2.22. The van der Waals surface area contributed by atoms with Gasteiger partial charge in [-0.2, -0.15) is 0 Å². The molecule has 2 rings (SSSR count). The van der Waals surface area contributed by atoms with E-state index in [-0.39, 0.29) is 5.56 Å². The first kappa shape index (κ1) is 10.4. The van der Waals surface area contributed by atoms with Crippen LogP contribution in [-0.2, 0) is 12.4 Å². The third-order valence-electron chi connectivity index (χ3n) is 1.94. The molecule has 2 aromatic heterocycles. The zero-order chi connectivity index (χ0) is 10.7. The molecule has 2 heterocycles. The maximum atomic E-state index is 11.4. The Labute approximate surface area is 96.0 Å². The van der Waals surface area contributed by atoms with Gasteiger partial charge in [-0.25, -0.2) is 4.98 Å². The van der Waals surface area contributed by atoms with Gasteiger partial charge in [-0.3, -0.25) is 4.79 Å². The average Bonchev–Trinajstić information content (AvgIpc) is 2.69. The number of hydrogen-bond acceptors (Lipinski definition) is 3. The molecule has 0 atom stereocenters. The fraction of sp³-hybridized carbons (Fsp3) is 0.200. The number of halogens is 1. The zero-order valence-electron chi connectivity index (χ0n) is 7.89. The predicted molar refractivity (Wildman–Crippen MR) is 61.5 cm³/mol. The highest BCUT2D eigenvalue weighted by molar-refractivity contribution is 7.09. The van der Waals surface area contributed by atoms with Crippen molar-refractivity contribution in [1.82, 2.24) is 9.55 Å². The first-order chi connectivity index (χ1) is 7.29. The lowest BCUT2D eigenvalue weighted by atomic mass is 10.4. The van der Waals surface area contributed by atoms with E-state index in [4.69, 9.17) is 11.6 Å². The summed E-state index contributed by atoms with van der Waals surface area (Å²) in [5, 5.41) is 2.81. The number of alkyl halides is 1. The number of aromatic nitrogens is 2. The minimum atomic E-state index is -0.0138. The maximum Gasteiger partial charge on any atom is 0.250 e. The minimum absolute atomic E-state index is 0.0138. The average molecular weight is 241 g/mol. The molecule has 0 saturated heterocycles. The highest BCUT2D eigenvalue weighted by atomic mass is 35.5. The number of thiazole rings is 1. The van der Waals surface area contributed by atoms with Crippen LogP contribution in [0.2, 0.25) is 0 Å². The fourth-order valence-electron chi connectivity index (χ4n) is 1.22. The molecule has 5 heteroatoms.